The van der Waals surface area contributed by atoms with Crippen molar-refractivity contribution in [3.05, 3.63) is 59.9 Å². The third kappa shape index (κ3) is 5.69. The van der Waals surface area contributed by atoms with E-state index in [-0.39, 0.29) is 30.6 Å². The van der Waals surface area contributed by atoms with Crippen LogP contribution in [0, 0.1) is 5.82 Å². The lowest BCUT2D eigenvalue weighted by molar-refractivity contribution is -0.862. The molecule has 0 heterocycles. The van der Waals surface area contributed by atoms with Gasteiger partial charge in [0, 0.05) is 5.69 Å². The Labute approximate surface area is 146 Å². The fourth-order valence-electron chi connectivity index (χ4n) is 2.51. The molecule has 0 bridgehead atoms. The highest BCUT2D eigenvalue weighted by Crippen LogP contribution is 2.15. The third-order valence-electron chi connectivity index (χ3n) is 3.74. The highest BCUT2D eigenvalue weighted by molar-refractivity contribution is 5.93. The molecule has 0 aliphatic heterocycles. The van der Waals surface area contributed by atoms with Gasteiger partial charge in [0.2, 0.25) is 0 Å². The van der Waals surface area contributed by atoms with Gasteiger partial charge in [0.05, 0.1) is 12.7 Å². The minimum Gasteiger partial charge on any atom is -0.322 e. The fourth-order valence-corrected chi connectivity index (χ4v) is 2.51. The van der Waals surface area contributed by atoms with E-state index in [9.17, 15) is 14.0 Å². The molecule has 0 radical (unpaired) electrons. The van der Waals surface area contributed by atoms with Crippen LogP contribution < -0.4 is 15.5 Å². The number of likely N-dealkylation sites (N-methyl/N-ethyl adjacent to an activating group) is 1. The van der Waals surface area contributed by atoms with Gasteiger partial charge >= 0.3 is 0 Å². The molecule has 5 nitrogen and oxygen atoms in total. The zero-order valence-electron chi connectivity index (χ0n) is 14.4. The van der Waals surface area contributed by atoms with Crippen molar-refractivity contribution in [3.63, 3.8) is 0 Å². The first kappa shape index (κ1) is 18.6. The van der Waals surface area contributed by atoms with Gasteiger partial charge < -0.3 is 15.5 Å². The van der Waals surface area contributed by atoms with Gasteiger partial charge in [0.15, 0.2) is 13.1 Å². The average molecular weight is 344 g/mol. The molecule has 1 unspecified atom stereocenters. The maximum Gasteiger partial charge on any atom is 0.279 e. The highest BCUT2D eigenvalue weighted by atomic mass is 19.1. The number of nitrogens with one attached hydrogen (secondary N) is 3. The Hall–Kier alpha value is -2.73. The van der Waals surface area contributed by atoms with Gasteiger partial charge in [-0.15, -0.1) is 0 Å². The molecular formula is C19H23FN3O2+. The van der Waals surface area contributed by atoms with Crippen molar-refractivity contribution in [1.29, 1.82) is 0 Å². The van der Waals surface area contributed by atoms with Crippen LogP contribution in [-0.2, 0) is 16.0 Å². The van der Waals surface area contributed by atoms with Crippen LogP contribution in [0.2, 0.25) is 0 Å². The van der Waals surface area contributed by atoms with Crippen LogP contribution in [0.3, 0.4) is 0 Å². The second-order valence-electron chi connectivity index (χ2n) is 5.90. The van der Waals surface area contributed by atoms with Crippen molar-refractivity contribution >= 4 is 23.2 Å². The van der Waals surface area contributed by atoms with Crippen molar-refractivity contribution in [2.45, 2.75) is 13.3 Å². The molecule has 0 fully saturated rings. The quantitative estimate of drug-likeness (QED) is 0.712. The summed E-state index contributed by atoms with van der Waals surface area (Å²) in [5.74, 6) is -0.996. The number of hydrogen-bond donors (Lipinski definition) is 3. The van der Waals surface area contributed by atoms with Crippen molar-refractivity contribution in [2.24, 2.45) is 0 Å². The van der Waals surface area contributed by atoms with Gasteiger partial charge in [-0.05, 0) is 30.2 Å². The van der Waals surface area contributed by atoms with Gasteiger partial charge in [-0.3, -0.25) is 9.59 Å². The molecule has 6 heteroatoms. The molecule has 132 valence electrons. The van der Waals surface area contributed by atoms with Crippen LogP contribution in [0.15, 0.2) is 48.5 Å². The van der Waals surface area contributed by atoms with Crippen molar-refractivity contribution in [2.75, 3.05) is 30.8 Å². The molecule has 2 aromatic rings. The largest absolute Gasteiger partial charge is 0.322 e. The summed E-state index contributed by atoms with van der Waals surface area (Å²) < 4.78 is 13.5. The molecule has 3 N–H and O–H groups in total. The minimum atomic E-state index is -0.484. The fraction of sp³-hybridized carbons (Fsp3) is 0.263. The van der Waals surface area contributed by atoms with Gasteiger partial charge in [0.1, 0.15) is 5.82 Å². The number of carbonyl (C=O) groups excluding carboxylic acids is 2. The standard InChI is InChI=1S/C19H22FN3O2/c1-3-14-8-4-6-10-16(14)21-18(24)12-23(2)13-19(25)22-17-11-7-5-9-15(17)20/h4-11H,3,12-13H2,1-2H3,(H,21,24)(H,22,25)/p+1. The van der Waals surface area contributed by atoms with Gasteiger partial charge in [-0.25, -0.2) is 4.39 Å². The summed E-state index contributed by atoms with van der Waals surface area (Å²) in [5, 5.41) is 5.39. The number of para-hydroxylation sites is 2. The van der Waals surface area contributed by atoms with Crippen LogP contribution in [-0.4, -0.2) is 32.0 Å². The molecule has 0 aliphatic carbocycles. The van der Waals surface area contributed by atoms with E-state index in [2.05, 4.69) is 10.6 Å². The monoisotopic (exact) mass is 344 g/mol. The predicted molar refractivity (Wildman–Crippen MR) is 96.1 cm³/mol. The Morgan fingerprint density at radius 2 is 1.44 bits per heavy atom. The van der Waals surface area contributed by atoms with E-state index in [0.717, 1.165) is 17.7 Å². The molecule has 0 saturated carbocycles. The Balaban J connectivity index is 1.85. The lowest BCUT2D eigenvalue weighted by Crippen LogP contribution is -3.11. The number of quaternary nitrogens is 1. The first-order valence-electron chi connectivity index (χ1n) is 8.23. The van der Waals surface area contributed by atoms with Gasteiger partial charge in [-0.1, -0.05) is 37.3 Å². The van der Waals surface area contributed by atoms with Crippen LogP contribution in [0.1, 0.15) is 12.5 Å². The molecule has 0 aromatic heterocycles. The SMILES string of the molecule is CCc1ccccc1NC(=O)C[NH+](C)CC(=O)Nc1ccccc1F. The topological polar surface area (TPSA) is 62.6 Å². The summed E-state index contributed by atoms with van der Waals surface area (Å²) in [6.45, 7) is 2.23. The number of aryl methyl sites for hydroxylation is 1. The summed E-state index contributed by atoms with van der Waals surface area (Å²) in [7, 11) is 1.74. The smallest absolute Gasteiger partial charge is 0.279 e. The first-order valence-corrected chi connectivity index (χ1v) is 8.23. The first-order chi connectivity index (χ1) is 12.0. The summed E-state index contributed by atoms with van der Waals surface area (Å²) in [6, 6.07) is 13.6. The maximum atomic E-state index is 13.5. The van der Waals surface area contributed by atoms with Crippen molar-refractivity contribution in [1.82, 2.24) is 0 Å². The van der Waals surface area contributed by atoms with Gasteiger partial charge in [0.25, 0.3) is 11.8 Å². The van der Waals surface area contributed by atoms with E-state index in [0.29, 0.717) is 4.90 Å². The van der Waals surface area contributed by atoms with Crippen LogP contribution in [0.25, 0.3) is 0 Å². The molecule has 2 rings (SSSR count). The number of amides is 2. The zero-order valence-corrected chi connectivity index (χ0v) is 14.4. The molecule has 0 aliphatic rings. The second-order valence-corrected chi connectivity index (χ2v) is 5.90. The molecule has 25 heavy (non-hydrogen) atoms. The van der Waals surface area contributed by atoms with Crippen molar-refractivity contribution in [3.8, 4) is 0 Å². The van der Waals surface area contributed by atoms with Crippen LogP contribution >= 0.6 is 0 Å². The van der Waals surface area contributed by atoms with E-state index >= 15 is 0 Å². The van der Waals surface area contributed by atoms with E-state index in [1.807, 2.05) is 31.2 Å². The molecule has 0 spiro atoms. The Kier molecular flexibility index (Phi) is 6.65. The second kappa shape index (κ2) is 8.94. The number of anilines is 2. The Morgan fingerprint density at radius 1 is 0.920 bits per heavy atom. The Bertz CT molecular complexity index is 749. The van der Waals surface area contributed by atoms with Gasteiger partial charge in [-0.2, -0.15) is 0 Å². The van der Waals surface area contributed by atoms with E-state index in [1.54, 1.807) is 19.2 Å². The number of halogens is 1. The summed E-state index contributed by atoms with van der Waals surface area (Å²) in [5.41, 5.74) is 1.99. The van der Waals surface area contributed by atoms with E-state index in [1.165, 1.54) is 12.1 Å². The van der Waals surface area contributed by atoms with E-state index in [4.69, 9.17) is 0 Å². The Morgan fingerprint density at radius 3 is 2.04 bits per heavy atom. The summed E-state index contributed by atoms with van der Waals surface area (Å²) in [4.78, 5) is 24.9. The van der Waals surface area contributed by atoms with E-state index < -0.39 is 5.82 Å². The number of hydrogen-bond acceptors (Lipinski definition) is 2. The van der Waals surface area contributed by atoms with Crippen LogP contribution in [0.4, 0.5) is 15.8 Å². The number of carbonyl (C=O) groups is 2. The minimum absolute atomic E-state index is 0.0666. The lowest BCUT2D eigenvalue weighted by atomic mass is 10.1. The zero-order chi connectivity index (χ0) is 18.2. The van der Waals surface area contributed by atoms with Crippen LogP contribution in [0.5, 0.6) is 0 Å². The predicted octanol–water partition coefficient (Wildman–Crippen LogP) is 1.48. The third-order valence-corrected chi connectivity index (χ3v) is 3.74. The maximum absolute atomic E-state index is 13.5. The molecular weight excluding hydrogens is 321 g/mol. The normalized spacial score (nSPS) is 11.6. The summed E-state index contributed by atoms with van der Waals surface area (Å²) in [6.07, 6.45) is 0.824. The molecule has 1 atom stereocenters. The lowest BCUT2D eigenvalue weighted by Gasteiger charge is -2.15. The van der Waals surface area contributed by atoms with Crippen molar-refractivity contribution < 1.29 is 18.9 Å². The average Bonchev–Trinajstić information content (AvgIpc) is 2.57. The molecule has 0 saturated heterocycles. The highest BCUT2D eigenvalue weighted by Gasteiger charge is 2.16. The number of benzene rings is 2. The molecule has 2 amide bonds. The molecule has 2 aromatic carbocycles. The summed E-state index contributed by atoms with van der Waals surface area (Å²) >= 11 is 0. The number of rotatable bonds is 7.